The lowest BCUT2D eigenvalue weighted by Gasteiger charge is -2.15. The molecule has 1 atom stereocenters. The van der Waals surface area contributed by atoms with Gasteiger partial charge in [0.05, 0.1) is 18.5 Å². The van der Waals surface area contributed by atoms with E-state index in [1.165, 1.54) is 7.11 Å². The van der Waals surface area contributed by atoms with Gasteiger partial charge in [0.1, 0.15) is 5.92 Å². The molecule has 0 radical (unpaired) electrons. The van der Waals surface area contributed by atoms with Crippen LogP contribution in [0.5, 0.6) is 0 Å². The topological polar surface area (TPSA) is 81.4 Å². The SMILES string of the molecule is COC(=O)CCNC(=O)C(C(N)=S)c1ccccc1. The Morgan fingerprint density at radius 1 is 1.37 bits per heavy atom. The van der Waals surface area contributed by atoms with Crippen LogP contribution in [0.1, 0.15) is 17.9 Å². The Morgan fingerprint density at radius 2 is 2.00 bits per heavy atom. The molecule has 0 spiro atoms. The standard InChI is InChI=1S/C13H16N2O3S/c1-18-10(16)7-8-15-13(17)11(12(14)19)9-5-3-2-4-6-9/h2-6,11H,7-8H2,1H3,(H2,14,19)(H,15,17). The van der Waals surface area contributed by atoms with E-state index in [1.54, 1.807) is 12.1 Å². The van der Waals surface area contributed by atoms with Crippen LogP contribution in [0.2, 0.25) is 0 Å². The number of rotatable bonds is 6. The third-order valence-corrected chi connectivity index (χ3v) is 2.77. The van der Waals surface area contributed by atoms with Crippen LogP contribution < -0.4 is 11.1 Å². The predicted octanol–water partition coefficient (Wildman–Crippen LogP) is 0.736. The monoisotopic (exact) mass is 280 g/mol. The minimum absolute atomic E-state index is 0.0989. The number of methoxy groups -OCH3 is 1. The van der Waals surface area contributed by atoms with Gasteiger partial charge in [-0.1, -0.05) is 42.5 Å². The molecule has 6 heteroatoms. The molecule has 0 heterocycles. The van der Waals surface area contributed by atoms with Crippen LogP contribution >= 0.6 is 12.2 Å². The van der Waals surface area contributed by atoms with E-state index in [9.17, 15) is 9.59 Å². The lowest BCUT2D eigenvalue weighted by atomic mass is 9.98. The summed E-state index contributed by atoms with van der Waals surface area (Å²) in [4.78, 5) is 23.1. The highest BCUT2D eigenvalue weighted by molar-refractivity contribution is 7.80. The molecule has 19 heavy (non-hydrogen) atoms. The van der Waals surface area contributed by atoms with Gasteiger partial charge in [-0.3, -0.25) is 9.59 Å². The number of esters is 1. The molecule has 1 aromatic carbocycles. The lowest BCUT2D eigenvalue weighted by molar-refractivity contribution is -0.140. The second kappa shape index (κ2) is 7.48. The molecule has 0 bridgehead atoms. The average Bonchev–Trinajstić information content (AvgIpc) is 2.39. The van der Waals surface area contributed by atoms with E-state index in [0.717, 1.165) is 5.56 Å². The highest BCUT2D eigenvalue weighted by Gasteiger charge is 2.23. The zero-order chi connectivity index (χ0) is 14.3. The largest absolute Gasteiger partial charge is 0.469 e. The van der Waals surface area contributed by atoms with Gasteiger partial charge in [-0.2, -0.15) is 0 Å². The Kier molecular flexibility index (Phi) is 5.95. The molecule has 0 aliphatic heterocycles. The minimum Gasteiger partial charge on any atom is -0.469 e. The predicted molar refractivity (Wildman–Crippen MR) is 75.6 cm³/mol. The molecule has 1 amide bonds. The molecule has 102 valence electrons. The van der Waals surface area contributed by atoms with Gasteiger partial charge in [-0.15, -0.1) is 0 Å². The van der Waals surface area contributed by atoms with E-state index in [4.69, 9.17) is 18.0 Å². The molecule has 1 rings (SSSR count). The average molecular weight is 280 g/mol. The summed E-state index contributed by atoms with van der Waals surface area (Å²) in [6.45, 7) is 0.192. The van der Waals surface area contributed by atoms with Gasteiger partial charge in [0.25, 0.3) is 0 Å². The van der Waals surface area contributed by atoms with Crippen molar-refractivity contribution < 1.29 is 14.3 Å². The van der Waals surface area contributed by atoms with Gasteiger partial charge < -0.3 is 15.8 Å². The quantitative estimate of drug-likeness (QED) is 0.593. The van der Waals surface area contributed by atoms with Crippen LogP contribution in [0.4, 0.5) is 0 Å². The number of carbonyl (C=O) groups excluding carboxylic acids is 2. The smallest absolute Gasteiger partial charge is 0.307 e. The van der Waals surface area contributed by atoms with Gasteiger partial charge >= 0.3 is 5.97 Å². The second-order valence-corrected chi connectivity index (χ2v) is 4.33. The molecule has 0 aliphatic carbocycles. The van der Waals surface area contributed by atoms with Crippen molar-refractivity contribution in [3.05, 3.63) is 35.9 Å². The lowest BCUT2D eigenvalue weighted by Crippen LogP contribution is -2.37. The molecule has 1 aromatic rings. The molecule has 3 N–H and O–H groups in total. The van der Waals surface area contributed by atoms with E-state index in [1.807, 2.05) is 18.2 Å². The number of benzene rings is 1. The Labute approximate surface area is 117 Å². The Morgan fingerprint density at radius 3 is 2.53 bits per heavy atom. The number of thiocarbonyl (C=S) groups is 1. The van der Waals surface area contributed by atoms with Crippen LogP contribution in [-0.4, -0.2) is 30.5 Å². The van der Waals surface area contributed by atoms with Gasteiger partial charge in [0.2, 0.25) is 5.91 Å². The summed E-state index contributed by atoms with van der Waals surface area (Å²) in [6, 6.07) is 9.02. The second-order valence-electron chi connectivity index (χ2n) is 3.86. The maximum Gasteiger partial charge on any atom is 0.307 e. The number of amides is 1. The molecular weight excluding hydrogens is 264 g/mol. The zero-order valence-electron chi connectivity index (χ0n) is 10.6. The summed E-state index contributed by atoms with van der Waals surface area (Å²) in [5, 5.41) is 2.62. The van der Waals surface area contributed by atoms with E-state index >= 15 is 0 Å². The van der Waals surface area contributed by atoms with Gasteiger partial charge in [0.15, 0.2) is 0 Å². The highest BCUT2D eigenvalue weighted by Crippen LogP contribution is 2.16. The molecule has 5 nitrogen and oxygen atoms in total. The summed E-state index contributed by atoms with van der Waals surface area (Å²) >= 11 is 4.93. The summed E-state index contributed by atoms with van der Waals surface area (Å²) in [5.74, 6) is -1.39. The molecule has 0 fully saturated rings. The first-order valence-corrected chi connectivity index (χ1v) is 6.16. The van der Waals surface area contributed by atoms with Crippen LogP contribution in [0.3, 0.4) is 0 Å². The Bertz CT molecular complexity index is 462. The number of nitrogens with two attached hydrogens (primary N) is 1. The van der Waals surface area contributed by atoms with Crippen molar-refractivity contribution in [2.45, 2.75) is 12.3 Å². The van der Waals surface area contributed by atoms with Crippen molar-refractivity contribution in [3.63, 3.8) is 0 Å². The Balaban J connectivity index is 2.65. The number of nitrogens with one attached hydrogen (secondary N) is 1. The van der Waals surface area contributed by atoms with Crippen LogP contribution in [-0.2, 0) is 14.3 Å². The molecular formula is C13H16N2O3S. The van der Waals surface area contributed by atoms with Crippen molar-refractivity contribution in [3.8, 4) is 0 Å². The van der Waals surface area contributed by atoms with Crippen LogP contribution in [0.25, 0.3) is 0 Å². The first kappa shape index (κ1) is 15.1. The van der Waals surface area contributed by atoms with Crippen molar-refractivity contribution in [1.29, 1.82) is 0 Å². The summed E-state index contributed by atoms with van der Waals surface area (Å²) in [5.41, 5.74) is 6.33. The first-order chi connectivity index (χ1) is 9.06. The first-order valence-electron chi connectivity index (χ1n) is 5.75. The van der Waals surface area contributed by atoms with Crippen LogP contribution in [0.15, 0.2) is 30.3 Å². The highest BCUT2D eigenvalue weighted by atomic mass is 32.1. The van der Waals surface area contributed by atoms with Crippen molar-refractivity contribution >= 4 is 29.1 Å². The summed E-state index contributed by atoms with van der Waals surface area (Å²) in [7, 11) is 1.30. The Hall–Kier alpha value is -1.95. The number of ether oxygens (including phenoxy) is 1. The number of hydrogen-bond acceptors (Lipinski definition) is 4. The number of hydrogen-bond donors (Lipinski definition) is 2. The zero-order valence-corrected chi connectivity index (χ0v) is 11.4. The fraction of sp³-hybridized carbons (Fsp3) is 0.308. The summed E-state index contributed by atoms with van der Waals surface area (Å²) < 4.78 is 4.48. The van der Waals surface area contributed by atoms with Crippen molar-refractivity contribution in [2.75, 3.05) is 13.7 Å². The molecule has 0 saturated carbocycles. The molecule has 1 unspecified atom stereocenters. The third-order valence-electron chi connectivity index (χ3n) is 2.54. The van der Waals surface area contributed by atoms with Crippen molar-refractivity contribution in [2.24, 2.45) is 5.73 Å². The normalized spacial score (nSPS) is 11.4. The molecule has 0 aromatic heterocycles. The molecule has 0 aliphatic rings. The maximum absolute atomic E-state index is 12.0. The van der Waals surface area contributed by atoms with E-state index in [0.29, 0.717) is 0 Å². The number of carbonyl (C=O) groups is 2. The fourth-order valence-electron chi connectivity index (χ4n) is 1.58. The third kappa shape index (κ3) is 4.67. The van der Waals surface area contributed by atoms with Gasteiger partial charge in [0, 0.05) is 6.54 Å². The fourth-order valence-corrected chi connectivity index (χ4v) is 1.83. The van der Waals surface area contributed by atoms with Crippen molar-refractivity contribution in [1.82, 2.24) is 5.32 Å². The maximum atomic E-state index is 12.0. The molecule has 0 saturated heterocycles. The summed E-state index contributed by atoms with van der Waals surface area (Å²) in [6.07, 6.45) is 0.112. The van der Waals surface area contributed by atoms with Gasteiger partial charge in [-0.25, -0.2) is 0 Å². The van der Waals surface area contributed by atoms with E-state index < -0.39 is 5.92 Å². The minimum atomic E-state index is -0.686. The van der Waals surface area contributed by atoms with Gasteiger partial charge in [-0.05, 0) is 5.56 Å². The van der Waals surface area contributed by atoms with Crippen LogP contribution in [0, 0.1) is 0 Å². The van der Waals surface area contributed by atoms with E-state index in [-0.39, 0.29) is 29.8 Å². The van der Waals surface area contributed by atoms with E-state index in [2.05, 4.69) is 10.1 Å².